The Morgan fingerprint density at radius 3 is 3.05 bits per heavy atom. The van der Waals surface area contributed by atoms with Crippen molar-refractivity contribution < 1.29 is 0 Å². The van der Waals surface area contributed by atoms with Gasteiger partial charge in [0.15, 0.2) is 10.1 Å². The highest BCUT2D eigenvalue weighted by atomic mass is 35.5. The van der Waals surface area contributed by atoms with Crippen LogP contribution in [0.5, 0.6) is 0 Å². The lowest BCUT2D eigenvalue weighted by atomic mass is 10.3. The number of halogens is 1. The molecule has 0 bridgehead atoms. The lowest BCUT2D eigenvalue weighted by molar-refractivity contribution is 0.889. The van der Waals surface area contributed by atoms with E-state index in [1.54, 1.807) is 17.6 Å². The van der Waals surface area contributed by atoms with Gasteiger partial charge >= 0.3 is 0 Å². The van der Waals surface area contributed by atoms with Crippen LogP contribution in [0.4, 0.5) is 0 Å². The van der Waals surface area contributed by atoms with Crippen LogP contribution in [0.3, 0.4) is 0 Å². The van der Waals surface area contributed by atoms with Gasteiger partial charge < -0.3 is 4.57 Å². The largest absolute Gasteiger partial charge is 0.318 e. The third-order valence-electron chi connectivity index (χ3n) is 3.29. The molecule has 0 aliphatic carbocycles. The van der Waals surface area contributed by atoms with E-state index in [9.17, 15) is 0 Å². The molecule has 0 fully saturated rings. The van der Waals surface area contributed by atoms with Crippen LogP contribution in [0.25, 0.3) is 15.2 Å². The number of aryl methyl sites for hydroxylation is 1. The first-order valence-corrected chi connectivity index (χ1v) is 8.54. The van der Waals surface area contributed by atoms with Crippen LogP contribution in [0, 0.1) is 0 Å². The van der Waals surface area contributed by atoms with E-state index in [0.717, 1.165) is 21.0 Å². The van der Waals surface area contributed by atoms with E-state index in [1.165, 1.54) is 16.0 Å². The zero-order valence-corrected chi connectivity index (χ0v) is 13.9. The van der Waals surface area contributed by atoms with Gasteiger partial charge in [0.25, 0.3) is 0 Å². The van der Waals surface area contributed by atoms with Crippen molar-refractivity contribution in [1.29, 1.82) is 0 Å². The molecule has 1 aromatic carbocycles. The Labute approximate surface area is 138 Å². The SMILES string of the molecule is Cn1/c(=N\N=C\c2c(Cl)nc3sccn23)sc2ccccc21. The summed E-state index contributed by atoms with van der Waals surface area (Å²) in [4.78, 5) is 5.94. The zero-order valence-electron chi connectivity index (χ0n) is 11.5. The normalized spacial score (nSPS) is 13.1. The Kier molecular flexibility index (Phi) is 3.33. The maximum absolute atomic E-state index is 6.13. The molecule has 4 aromatic rings. The van der Waals surface area contributed by atoms with E-state index >= 15 is 0 Å². The molecule has 0 saturated heterocycles. The minimum Gasteiger partial charge on any atom is -0.318 e. The molecule has 0 amide bonds. The van der Waals surface area contributed by atoms with Crippen molar-refractivity contribution in [3.05, 3.63) is 51.5 Å². The van der Waals surface area contributed by atoms with Crippen molar-refractivity contribution in [2.75, 3.05) is 0 Å². The molecule has 0 N–H and O–H groups in total. The van der Waals surface area contributed by atoms with Crippen LogP contribution >= 0.6 is 34.3 Å². The van der Waals surface area contributed by atoms with Gasteiger partial charge in [0.05, 0.1) is 16.4 Å². The quantitative estimate of drug-likeness (QED) is 0.404. The zero-order chi connectivity index (χ0) is 15.1. The predicted molar refractivity (Wildman–Crippen MR) is 92.0 cm³/mol. The van der Waals surface area contributed by atoms with E-state index in [2.05, 4.69) is 27.3 Å². The van der Waals surface area contributed by atoms with E-state index in [-0.39, 0.29) is 0 Å². The first kappa shape index (κ1) is 13.7. The third-order valence-corrected chi connectivity index (χ3v) is 5.43. The van der Waals surface area contributed by atoms with Gasteiger partial charge in [-0.05, 0) is 12.1 Å². The number of thiazole rings is 2. The number of hydrogen-bond acceptors (Lipinski definition) is 5. The van der Waals surface area contributed by atoms with Crippen LogP contribution in [0.1, 0.15) is 5.69 Å². The topological polar surface area (TPSA) is 47.0 Å². The number of hydrogen-bond donors (Lipinski definition) is 0. The predicted octanol–water partition coefficient (Wildman–Crippen LogP) is 3.54. The van der Waals surface area contributed by atoms with Crippen LogP contribution in [-0.4, -0.2) is 20.2 Å². The molecule has 0 unspecified atom stereocenters. The van der Waals surface area contributed by atoms with E-state index in [1.807, 2.05) is 39.7 Å². The number of aromatic nitrogens is 3. The highest BCUT2D eigenvalue weighted by molar-refractivity contribution is 7.16. The fraction of sp³-hybridized carbons (Fsp3) is 0.0714. The lowest BCUT2D eigenvalue weighted by Gasteiger charge is -1.92. The Balaban J connectivity index is 1.78. The van der Waals surface area contributed by atoms with Crippen molar-refractivity contribution >= 4 is 55.7 Å². The van der Waals surface area contributed by atoms with Crippen LogP contribution < -0.4 is 4.80 Å². The minimum atomic E-state index is 0.437. The number of rotatable bonds is 2. The van der Waals surface area contributed by atoms with Gasteiger partial charge in [-0.2, -0.15) is 5.10 Å². The second-order valence-corrected chi connectivity index (χ2v) is 6.84. The van der Waals surface area contributed by atoms with Crippen molar-refractivity contribution in [2.24, 2.45) is 17.3 Å². The molecule has 8 heteroatoms. The Morgan fingerprint density at radius 2 is 2.18 bits per heavy atom. The highest BCUT2D eigenvalue weighted by Gasteiger charge is 2.08. The molecule has 22 heavy (non-hydrogen) atoms. The Morgan fingerprint density at radius 1 is 1.32 bits per heavy atom. The molecule has 110 valence electrons. The molecular formula is C14H10ClN5S2. The Bertz CT molecular complexity index is 1070. The average Bonchev–Trinajstić information content (AvgIpc) is 3.16. The molecule has 4 rings (SSSR count). The van der Waals surface area contributed by atoms with Gasteiger partial charge in [0, 0.05) is 18.6 Å². The summed E-state index contributed by atoms with van der Waals surface area (Å²) in [6.45, 7) is 0. The maximum atomic E-state index is 6.13. The number of nitrogens with zero attached hydrogens (tertiary/aromatic N) is 5. The van der Waals surface area contributed by atoms with Gasteiger partial charge in [0.2, 0.25) is 4.80 Å². The minimum absolute atomic E-state index is 0.437. The van der Waals surface area contributed by atoms with Gasteiger partial charge in [-0.1, -0.05) is 35.1 Å². The van der Waals surface area contributed by atoms with Gasteiger partial charge in [-0.15, -0.1) is 16.4 Å². The molecule has 3 aromatic heterocycles. The molecule has 0 radical (unpaired) electrons. The highest BCUT2D eigenvalue weighted by Crippen LogP contribution is 2.19. The summed E-state index contributed by atoms with van der Waals surface area (Å²) in [6.07, 6.45) is 3.55. The van der Waals surface area contributed by atoms with E-state index in [0.29, 0.717) is 5.15 Å². The number of benzene rings is 1. The summed E-state index contributed by atoms with van der Waals surface area (Å²) in [5.41, 5.74) is 1.88. The molecule has 3 heterocycles. The molecule has 0 aliphatic rings. The van der Waals surface area contributed by atoms with Gasteiger partial charge in [0.1, 0.15) is 5.69 Å². The second-order valence-electron chi connectivity index (χ2n) is 4.60. The first-order chi connectivity index (χ1) is 10.7. The smallest absolute Gasteiger partial charge is 0.211 e. The summed E-state index contributed by atoms with van der Waals surface area (Å²) in [7, 11) is 1.98. The molecule has 0 aliphatic heterocycles. The summed E-state index contributed by atoms with van der Waals surface area (Å²) in [5, 5.41) is 10.9. The summed E-state index contributed by atoms with van der Waals surface area (Å²) in [5.74, 6) is 0. The molecule has 0 spiro atoms. The first-order valence-electron chi connectivity index (χ1n) is 6.47. The molecule has 0 atom stereocenters. The van der Waals surface area contributed by atoms with Crippen molar-refractivity contribution in [3.8, 4) is 0 Å². The lowest BCUT2D eigenvalue weighted by Crippen LogP contribution is -2.08. The monoisotopic (exact) mass is 347 g/mol. The molecular weight excluding hydrogens is 338 g/mol. The molecule has 0 saturated carbocycles. The molecule has 5 nitrogen and oxygen atoms in total. The number of imidazole rings is 1. The average molecular weight is 348 g/mol. The Hall–Kier alpha value is -1.96. The fourth-order valence-corrected chi connectivity index (χ4v) is 4.17. The maximum Gasteiger partial charge on any atom is 0.211 e. The number of para-hydroxylation sites is 1. The summed E-state index contributed by atoms with van der Waals surface area (Å²) in [6, 6.07) is 8.18. The van der Waals surface area contributed by atoms with E-state index in [4.69, 9.17) is 11.6 Å². The van der Waals surface area contributed by atoms with Crippen molar-refractivity contribution in [3.63, 3.8) is 0 Å². The van der Waals surface area contributed by atoms with Crippen LogP contribution in [0.2, 0.25) is 5.15 Å². The number of fused-ring (bicyclic) bond motifs is 2. The van der Waals surface area contributed by atoms with Crippen LogP contribution in [0.15, 0.2) is 46.0 Å². The second kappa shape index (κ2) is 5.35. The van der Waals surface area contributed by atoms with Gasteiger partial charge in [-0.25, -0.2) is 4.98 Å². The third kappa shape index (κ3) is 2.18. The fourth-order valence-electron chi connectivity index (χ4n) is 2.20. The van der Waals surface area contributed by atoms with Crippen molar-refractivity contribution in [2.45, 2.75) is 0 Å². The standard InChI is InChI=1S/C14H10ClN5S2/c1-19-9-4-2-3-5-11(9)22-14(19)18-16-8-10-12(15)17-13-20(10)6-7-21-13/h2-8H,1H3/b16-8+,18-14+. The van der Waals surface area contributed by atoms with Crippen LogP contribution in [-0.2, 0) is 7.05 Å². The van der Waals surface area contributed by atoms with E-state index < -0.39 is 0 Å². The summed E-state index contributed by atoms with van der Waals surface area (Å²) >= 11 is 9.26. The summed E-state index contributed by atoms with van der Waals surface area (Å²) < 4.78 is 5.11. The van der Waals surface area contributed by atoms with Gasteiger partial charge in [-0.3, -0.25) is 4.40 Å². The van der Waals surface area contributed by atoms with Crippen molar-refractivity contribution in [1.82, 2.24) is 14.0 Å².